The number of ether oxygens (including phenoxy) is 7. The number of fused-ring (bicyclic) bond motifs is 2. The van der Waals surface area contributed by atoms with Gasteiger partial charge in [0.25, 0.3) is 0 Å². The van der Waals surface area contributed by atoms with Gasteiger partial charge in [-0.3, -0.25) is 14.7 Å². The number of esters is 1. The van der Waals surface area contributed by atoms with Crippen molar-refractivity contribution in [3.05, 3.63) is 48.1 Å². The van der Waals surface area contributed by atoms with E-state index in [2.05, 4.69) is 20.6 Å². The number of hydrogen-bond donors (Lipinski definition) is 2. The fourth-order valence-electron chi connectivity index (χ4n) is 6.13. The van der Waals surface area contributed by atoms with E-state index in [1.54, 1.807) is 82.8 Å². The number of nitrogens with zero attached hydrogens (tertiary/aromatic N) is 3. The number of carbonyl (C=O) groups excluding carboxylic acids is 3. The van der Waals surface area contributed by atoms with Gasteiger partial charge < -0.3 is 43.8 Å². The second-order valence-electron chi connectivity index (χ2n) is 15.9. The normalized spacial score (nSPS) is 15.9. The van der Waals surface area contributed by atoms with E-state index in [-0.39, 0.29) is 63.3 Å². The highest BCUT2D eigenvalue weighted by Gasteiger charge is 2.42. The zero-order valence-electron chi connectivity index (χ0n) is 35.1. The Morgan fingerprint density at radius 3 is 2.17 bits per heavy atom. The average molecular weight is 874 g/mol. The Hall–Kier alpha value is -4.66. The largest absolute Gasteiger partial charge is 0.490 e. The Morgan fingerprint density at radius 1 is 0.850 bits per heavy atom. The van der Waals surface area contributed by atoms with E-state index in [4.69, 9.17) is 33.2 Å². The first-order chi connectivity index (χ1) is 28.5. The SMILES string of the molecule is COC(=O)[C@@H]1C[C@H](NC(=O)COCCOCCOCCOCCOc2cc3nccc(Nc4ccc5scnc5c4)c3cc2S(=O)(=O)C(C)(C)C)CN1C(=O)OC(C)(C)C. The van der Waals surface area contributed by atoms with Crippen LogP contribution in [0.4, 0.5) is 16.2 Å². The molecule has 0 bridgehead atoms. The lowest BCUT2D eigenvalue weighted by Gasteiger charge is -2.27. The quantitative estimate of drug-likeness (QED) is 0.0858. The lowest BCUT2D eigenvalue weighted by atomic mass is 10.1. The van der Waals surface area contributed by atoms with Crippen LogP contribution in [0, 0.1) is 0 Å². The molecule has 17 nitrogen and oxygen atoms in total. The Kier molecular flexibility index (Phi) is 16.0. The van der Waals surface area contributed by atoms with Crippen LogP contribution in [0.2, 0.25) is 0 Å². The molecule has 19 heteroatoms. The zero-order chi connectivity index (χ0) is 43.5. The number of hydrogen-bond acceptors (Lipinski definition) is 16. The van der Waals surface area contributed by atoms with Crippen LogP contribution in [0.25, 0.3) is 21.1 Å². The molecular formula is C41H55N5O12S2. The second-order valence-corrected chi connectivity index (χ2v) is 19.4. The molecule has 0 spiro atoms. The summed E-state index contributed by atoms with van der Waals surface area (Å²) in [4.78, 5) is 47.6. The predicted molar refractivity (Wildman–Crippen MR) is 226 cm³/mol. The molecular weight excluding hydrogens is 819 g/mol. The van der Waals surface area contributed by atoms with Gasteiger partial charge >= 0.3 is 12.1 Å². The Balaban J connectivity index is 0.976. The second kappa shape index (κ2) is 20.7. The molecule has 1 aliphatic heterocycles. The molecule has 2 N–H and O–H groups in total. The first-order valence-corrected chi connectivity index (χ1v) is 21.9. The minimum absolute atomic E-state index is 0.0675. The molecule has 1 aliphatic rings. The average Bonchev–Trinajstić information content (AvgIpc) is 3.83. The summed E-state index contributed by atoms with van der Waals surface area (Å²) in [6, 6.07) is 9.62. The number of nitrogens with one attached hydrogen (secondary N) is 2. The number of thiazole rings is 1. The van der Waals surface area contributed by atoms with Gasteiger partial charge in [0.2, 0.25) is 5.91 Å². The van der Waals surface area contributed by atoms with Crippen molar-refractivity contribution in [3.8, 4) is 5.75 Å². The molecule has 0 unspecified atom stereocenters. The van der Waals surface area contributed by atoms with Gasteiger partial charge in [0.1, 0.15) is 35.5 Å². The lowest BCUT2D eigenvalue weighted by molar-refractivity contribution is -0.145. The molecule has 0 saturated carbocycles. The third kappa shape index (κ3) is 12.7. The maximum atomic E-state index is 13.8. The number of sulfone groups is 1. The van der Waals surface area contributed by atoms with Crippen LogP contribution in [0.15, 0.2) is 53.0 Å². The third-order valence-corrected chi connectivity index (χ3v) is 12.4. The van der Waals surface area contributed by atoms with Gasteiger partial charge in [-0.05, 0) is 71.9 Å². The number of carbonyl (C=O) groups is 3. The van der Waals surface area contributed by atoms with Gasteiger partial charge in [-0.25, -0.2) is 23.0 Å². The summed E-state index contributed by atoms with van der Waals surface area (Å²) in [5, 5.41) is 6.81. The highest BCUT2D eigenvalue weighted by Crippen LogP contribution is 2.38. The van der Waals surface area contributed by atoms with Gasteiger partial charge in [0, 0.05) is 48.0 Å². The Bertz CT molecular complexity index is 2200. The van der Waals surface area contributed by atoms with Crippen molar-refractivity contribution in [2.24, 2.45) is 0 Å². The van der Waals surface area contributed by atoms with Crippen LogP contribution in [-0.4, -0.2) is 137 Å². The standard InChI is InChI=1S/C41H55N5O12S2/c1-40(2,3)58-39(49)46-24-28(21-33(46)38(48)52-7)45-37(47)25-56-17-16-54-13-12-53-14-15-55-18-19-57-34-23-31-29(22-36(34)60(50,51)41(4,5)6)30(10-11-42-31)44-27-8-9-35-32(20-27)43-26-59-35/h8-11,20,22-23,26,28,33H,12-19,21,24-25H2,1-7H3,(H,42,44)(H,45,47)/t28-,33-/m0/s1. The fraction of sp³-hybridized carbons (Fsp3) is 0.537. The number of methoxy groups -OCH3 is 1. The van der Waals surface area contributed by atoms with E-state index in [1.807, 2.05) is 18.2 Å². The van der Waals surface area contributed by atoms with E-state index in [0.717, 1.165) is 15.9 Å². The molecule has 2 amide bonds. The summed E-state index contributed by atoms with van der Waals surface area (Å²) < 4.78 is 65.9. The van der Waals surface area contributed by atoms with Gasteiger partial charge in [-0.2, -0.15) is 0 Å². The van der Waals surface area contributed by atoms with Crippen molar-refractivity contribution < 1.29 is 56.0 Å². The van der Waals surface area contributed by atoms with Crippen molar-refractivity contribution in [1.29, 1.82) is 0 Å². The van der Waals surface area contributed by atoms with E-state index < -0.39 is 50.2 Å². The third-order valence-electron chi connectivity index (χ3n) is 9.11. The molecule has 2 atom stereocenters. The molecule has 1 saturated heterocycles. The van der Waals surface area contributed by atoms with Gasteiger partial charge in [0.05, 0.1) is 79.3 Å². The van der Waals surface area contributed by atoms with Gasteiger partial charge in [-0.15, -0.1) is 11.3 Å². The Labute approximate surface area is 354 Å². The van der Waals surface area contributed by atoms with Crippen LogP contribution in [0.1, 0.15) is 48.0 Å². The summed E-state index contributed by atoms with van der Waals surface area (Å²) in [6.45, 7) is 11.9. The van der Waals surface area contributed by atoms with E-state index >= 15 is 0 Å². The van der Waals surface area contributed by atoms with E-state index in [0.29, 0.717) is 36.4 Å². The highest BCUT2D eigenvalue weighted by atomic mass is 32.2. The first-order valence-electron chi connectivity index (χ1n) is 19.5. The number of anilines is 2. The molecule has 1 fully saturated rings. The summed E-state index contributed by atoms with van der Waals surface area (Å²) >= 11 is 1.56. The van der Waals surface area contributed by atoms with E-state index in [1.165, 1.54) is 12.0 Å². The lowest BCUT2D eigenvalue weighted by Crippen LogP contribution is -2.44. The molecule has 328 valence electrons. The maximum Gasteiger partial charge on any atom is 0.411 e. The summed E-state index contributed by atoms with van der Waals surface area (Å²) in [7, 11) is -2.57. The van der Waals surface area contributed by atoms with Crippen molar-refractivity contribution in [2.45, 2.75) is 75.3 Å². The van der Waals surface area contributed by atoms with Crippen molar-refractivity contribution in [2.75, 3.05) is 78.4 Å². The van der Waals surface area contributed by atoms with E-state index in [9.17, 15) is 22.8 Å². The van der Waals surface area contributed by atoms with Crippen LogP contribution in [0.3, 0.4) is 0 Å². The van der Waals surface area contributed by atoms with Gasteiger partial charge in [0.15, 0.2) is 9.84 Å². The number of rotatable bonds is 20. The van der Waals surface area contributed by atoms with Crippen molar-refractivity contribution >= 4 is 71.6 Å². The predicted octanol–water partition coefficient (Wildman–Crippen LogP) is 5.27. The zero-order valence-corrected chi connectivity index (χ0v) is 36.7. The minimum atomic E-state index is -3.81. The summed E-state index contributed by atoms with van der Waals surface area (Å²) in [6.07, 6.45) is 1.20. The maximum absolute atomic E-state index is 13.8. The monoisotopic (exact) mass is 873 g/mol. The number of aromatic nitrogens is 2. The molecule has 4 aromatic rings. The number of amides is 2. The van der Waals surface area contributed by atoms with Crippen molar-refractivity contribution in [1.82, 2.24) is 20.2 Å². The molecule has 0 radical (unpaired) electrons. The Morgan fingerprint density at radius 2 is 1.52 bits per heavy atom. The molecule has 60 heavy (non-hydrogen) atoms. The smallest absolute Gasteiger partial charge is 0.411 e. The molecule has 2 aromatic carbocycles. The first kappa shape index (κ1) is 46.4. The van der Waals surface area contributed by atoms with Crippen LogP contribution < -0.4 is 15.4 Å². The van der Waals surface area contributed by atoms with Gasteiger partial charge in [-0.1, -0.05) is 0 Å². The number of likely N-dealkylation sites (tertiary alicyclic amines) is 1. The summed E-state index contributed by atoms with van der Waals surface area (Å²) in [5.41, 5.74) is 4.00. The van der Waals surface area contributed by atoms with Crippen LogP contribution >= 0.6 is 11.3 Å². The number of benzene rings is 2. The van der Waals surface area contributed by atoms with Crippen molar-refractivity contribution in [3.63, 3.8) is 0 Å². The summed E-state index contributed by atoms with van der Waals surface area (Å²) in [5.74, 6) is -0.779. The molecule has 0 aliphatic carbocycles. The number of pyridine rings is 1. The highest BCUT2D eigenvalue weighted by molar-refractivity contribution is 7.92. The van der Waals surface area contributed by atoms with Crippen LogP contribution in [-0.2, 0) is 47.8 Å². The van der Waals surface area contributed by atoms with Crippen LogP contribution in [0.5, 0.6) is 5.75 Å². The minimum Gasteiger partial charge on any atom is -0.490 e. The fourth-order valence-corrected chi connectivity index (χ4v) is 8.11. The molecule has 5 rings (SSSR count). The topological polar surface area (TPSA) is 203 Å². The molecule has 3 heterocycles. The molecule has 2 aromatic heterocycles.